The molecule has 0 aliphatic carbocycles. The normalized spacial score (nSPS) is 18.1. The van der Waals surface area contributed by atoms with Crippen molar-refractivity contribution in [2.75, 3.05) is 32.7 Å². The van der Waals surface area contributed by atoms with E-state index in [4.69, 9.17) is 0 Å². The number of carbonyl (C=O) groups is 1. The van der Waals surface area contributed by atoms with Crippen molar-refractivity contribution in [3.63, 3.8) is 0 Å². The molecule has 0 aromatic heterocycles. The molecule has 1 atom stereocenters. The maximum Gasteiger partial charge on any atom is 0.251 e. The van der Waals surface area contributed by atoms with Crippen molar-refractivity contribution in [3.8, 4) is 0 Å². The zero-order chi connectivity index (χ0) is 21.3. The smallest absolute Gasteiger partial charge is 0.251 e. The maximum atomic E-state index is 12.8. The predicted octanol–water partition coefficient (Wildman–Crippen LogP) is 3.49. The number of likely N-dealkylation sites (tertiary alicyclic amines) is 1. The van der Waals surface area contributed by atoms with E-state index in [2.05, 4.69) is 17.1 Å². The summed E-state index contributed by atoms with van der Waals surface area (Å²) in [6.45, 7) is 10.0. The van der Waals surface area contributed by atoms with E-state index in [9.17, 15) is 13.2 Å². The van der Waals surface area contributed by atoms with Crippen LogP contribution in [-0.4, -0.2) is 62.3 Å². The number of rotatable bonds is 11. The maximum absolute atomic E-state index is 12.8. The molecule has 0 saturated carbocycles. The van der Waals surface area contributed by atoms with Gasteiger partial charge in [-0.15, -0.1) is 0 Å². The molecule has 1 aliphatic rings. The van der Waals surface area contributed by atoms with E-state index < -0.39 is 10.0 Å². The average molecular weight is 424 g/mol. The lowest BCUT2D eigenvalue weighted by Crippen LogP contribution is -2.39. The number of carbonyl (C=O) groups excluding carboxylic acids is 1. The number of nitrogens with zero attached hydrogens (tertiary/aromatic N) is 2. The Kier molecular flexibility index (Phi) is 9.59. The van der Waals surface area contributed by atoms with Crippen molar-refractivity contribution in [2.45, 2.75) is 70.2 Å². The molecule has 0 radical (unpaired) electrons. The molecular weight excluding hydrogens is 386 g/mol. The third-order valence-corrected chi connectivity index (χ3v) is 7.46. The second kappa shape index (κ2) is 11.7. The van der Waals surface area contributed by atoms with Gasteiger partial charge in [0, 0.05) is 37.8 Å². The van der Waals surface area contributed by atoms with Crippen LogP contribution in [0, 0.1) is 0 Å². The topological polar surface area (TPSA) is 69.7 Å². The van der Waals surface area contributed by atoms with E-state index in [0.717, 1.165) is 32.4 Å². The molecule has 29 heavy (non-hydrogen) atoms. The standard InChI is InChI=1S/C22H37N3O3S/c1-4-15-25(16-5-2)29(27,28)21-12-10-20(11-13-21)22(26)23-14-8-18-24-17-7-6-9-19(24)3/h10-13,19H,4-9,14-18H2,1-3H3,(H,23,26)/t19-/m1/s1. The second-order valence-electron chi connectivity index (χ2n) is 7.92. The molecule has 0 spiro atoms. The van der Waals surface area contributed by atoms with Gasteiger partial charge in [-0.05, 0) is 69.8 Å². The van der Waals surface area contributed by atoms with Gasteiger partial charge in [0.15, 0.2) is 0 Å². The summed E-state index contributed by atoms with van der Waals surface area (Å²) in [5.41, 5.74) is 0.493. The zero-order valence-corrected chi connectivity index (χ0v) is 19.0. The third kappa shape index (κ3) is 6.79. The Balaban J connectivity index is 1.87. The van der Waals surface area contributed by atoms with Crippen LogP contribution in [0.15, 0.2) is 29.2 Å². The van der Waals surface area contributed by atoms with Crippen LogP contribution in [0.1, 0.15) is 69.7 Å². The lowest BCUT2D eigenvalue weighted by molar-refractivity contribution is 0.0948. The van der Waals surface area contributed by atoms with Crippen LogP contribution in [0.3, 0.4) is 0 Å². The first-order valence-electron chi connectivity index (χ1n) is 11.0. The number of piperidine rings is 1. The van der Waals surface area contributed by atoms with E-state index in [1.807, 2.05) is 13.8 Å². The molecule has 0 bridgehead atoms. The molecule has 6 nitrogen and oxygen atoms in total. The Labute approximate surface area is 176 Å². The first-order valence-corrected chi connectivity index (χ1v) is 12.5. The van der Waals surface area contributed by atoms with Gasteiger partial charge in [-0.2, -0.15) is 4.31 Å². The first-order chi connectivity index (χ1) is 13.9. The van der Waals surface area contributed by atoms with Gasteiger partial charge < -0.3 is 10.2 Å². The summed E-state index contributed by atoms with van der Waals surface area (Å²) in [6, 6.07) is 6.92. The van der Waals surface area contributed by atoms with Gasteiger partial charge in [0.25, 0.3) is 5.91 Å². The minimum Gasteiger partial charge on any atom is -0.352 e. The molecule has 1 heterocycles. The van der Waals surface area contributed by atoms with E-state index in [0.29, 0.717) is 31.2 Å². The largest absolute Gasteiger partial charge is 0.352 e. The molecule has 1 amide bonds. The number of hydrogen-bond acceptors (Lipinski definition) is 4. The van der Waals surface area contributed by atoms with Crippen molar-refractivity contribution in [2.24, 2.45) is 0 Å². The highest BCUT2D eigenvalue weighted by molar-refractivity contribution is 7.89. The fourth-order valence-corrected chi connectivity index (χ4v) is 5.48. The molecule has 1 N–H and O–H groups in total. The van der Waals surface area contributed by atoms with Crippen LogP contribution in [0.2, 0.25) is 0 Å². The Morgan fingerprint density at radius 3 is 2.38 bits per heavy atom. The summed E-state index contributed by atoms with van der Waals surface area (Å²) in [6.07, 6.45) is 6.31. The summed E-state index contributed by atoms with van der Waals surface area (Å²) in [5, 5.41) is 2.95. The van der Waals surface area contributed by atoms with Crippen LogP contribution in [-0.2, 0) is 10.0 Å². The number of benzene rings is 1. The average Bonchev–Trinajstić information content (AvgIpc) is 2.72. The summed E-state index contributed by atoms with van der Waals surface area (Å²) in [5.74, 6) is -0.153. The Morgan fingerprint density at radius 1 is 1.14 bits per heavy atom. The molecule has 1 aliphatic heterocycles. The molecular formula is C22H37N3O3S. The van der Waals surface area contributed by atoms with Crippen molar-refractivity contribution in [1.29, 1.82) is 0 Å². The lowest BCUT2D eigenvalue weighted by atomic mass is 10.0. The monoisotopic (exact) mass is 423 g/mol. The number of hydrogen-bond donors (Lipinski definition) is 1. The molecule has 164 valence electrons. The predicted molar refractivity (Wildman–Crippen MR) is 118 cm³/mol. The fraction of sp³-hybridized carbons (Fsp3) is 0.682. The summed E-state index contributed by atoms with van der Waals surface area (Å²) < 4.78 is 27.1. The Hall–Kier alpha value is -1.44. The van der Waals surface area contributed by atoms with Crippen LogP contribution < -0.4 is 5.32 Å². The summed E-state index contributed by atoms with van der Waals surface area (Å²) in [4.78, 5) is 15.1. The van der Waals surface area contributed by atoms with Gasteiger partial charge in [-0.1, -0.05) is 20.3 Å². The third-order valence-electron chi connectivity index (χ3n) is 5.55. The van der Waals surface area contributed by atoms with Crippen molar-refractivity contribution >= 4 is 15.9 Å². The van der Waals surface area contributed by atoms with E-state index in [1.54, 1.807) is 12.1 Å². The molecule has 2 rings (SSSR count). The van der Waals surface area contributed by atoms with E-state index in [-0.39, 0.29) is 10.8 Å². The molecule has 1 fully saturated rings. The highest BCUT2D eigenvalue weighted by Crippen LogP contribution is 2.18. The molecule has 0 unspecified atom stereocenters. The quantitative estimate of drug-likeness (QED) is 0.553. The SMILES string of the molecule is CCCN(CCC)S(=O)(=O)c1ccc(C(=O)NCCCN2CCCC[C@H]2C)cc1. The van der Waals surface area contributed by atoms with Crippen molar-refractivity contribution in [1.82, 2.24) is 14.5 Å². The lowest BCUT2D eigenvalue weighted by Gasteiger charge is -2.33. The Morgan fingerprint density at radius 2 is 1.79 bits per heavy atom. The number of nitrogens with one attached hydrogen (secondary N) is 1. The van der Waals surface area contributed by atoms with Crippen LogP contribution >= 0.6 is 0 Å². The number of sulfonamides is 1. The summed E-state index contributed by atoms with van der Waals surface area (Å²) >= 11 is 0. The van der Waals surface area contributed by atoms with Crippen LogP contribution in [0.5, 0.6) is 0 Å². The minimum atomic E-state index is -3.51. The highest BCUT2D eigenvalue weighted by Gasteiger charge is 2.23. The van der Waals surface area contributed by atoms with Crippen LogP contribution in [0.4, 0.5) is 0 Å². The second-order valence-corrected chi connectivity index (χ2v) is 9.86. The minimum absolute atomic E-state index is 0.153. The molecule has 1 aromatic rings. The van der Waals surface area contributed by atoms with Crippen LogP contribution in [0.25, 0.3) is 0 Å². The van der Waals surface area contributed by atoms with E-state index >= 15 is 0 Å². The van der Waals surface area contributed by atoms with Gasteiger partial charge in [-0.25, -0.2) is 8.42 Å². The molecule has 1 aromatic carbocycles. The first kappa shape index (κ1) is 23.8. The van der Waals surface area contributed by atoms with Crippen molar-refractivity contribution < 1.29 is 13.2 Å². The van der Waals surface area contributed by atoms with Gasteiger partial charge in [0.1, 0.15) is 0 Å². The van der Waals surface area contributed by atoms with Gasteiger partial charge >= 0.3 is 0 Å². The Bertz CT molecular complexity index is 728. The van der Waals surface area contributed by atoms with Gasteiger partial charge in [0.05, 0.1) is 4.90 Å². The fourth-order valence-electron chi connectivity index (χ4n) is 3.85. The zero-order valence-electron chi connectivity index (χ0n) is 18.2. The van der Waals surface area contributed by atoms with Gasteiger partial charge in [0.2, 0.25) is 10.0 Å². The summed E-state index contributed by atoms with van der Waals surface area (Å²) in [7, 11) is -3.51. The highest BCUT2D eigenvalue weighted by atomic mass is 32.2. The molecule has 1 saturated heterocycles. The van der Waals surface area contributed by atoms with Crippen molar-refractivity contribution in [3.05, 3.63) is 29.8 Å². The molecule has 7 heteroatoms. The van der Waals surface area contributed by atoms with E-state index in [1.165, 1.54) is 35.7 Å². The van der Waals surface area contributed by atoms with Gasteiger partial charge in [-0.3, -0.25) is 4.79 Å². The number of amides is 1.